The first-order valence-corrected chi connectivity index (χ1v) is 13.6. The first-order chi connectivity index (χ1) is 19.0. The van der Waals surface area contributed by atoms with Crippen LogP contribution in [0.5, 0.6) is 11.5 Å². The number of pyridine rings is 1. The molecule has 3 aromatic carbocycles. The van der Waals surface area contributed by atoms with Crippen LogP contribution in [0.25, 0.3) is 11.3 Å². The third-order valence-electron chi connectivity index (χ3n) is 6.58. The highest BCUT2D eigenvalue weighted by molar-refractivity contribution is 9.10. The quantitative estimate of drug-likeness (QED) is 0.197. The fraction of sp³-hybridized carbons (Fsp3) is 0.0968. The zero-order valence-electron chi connectivity index (χ0n) is 20.8. The van der Waals surface area contributed by atoms with E-state index in [9.17, 15) is 4.39 Å². The number of benzene rings is 3. The predicted octanol–water partition coefficient (Wildman–Crippen LogP) is 8.52. The number of aryl methyl sites for hydroxylation is 1. The Labute approximate surface area is 239 Å². The number of aromatic nitrogens is 1. The molecule has 0 unspecified atom stereocenters. The van der Waals surface area contributed by atoms with E-state index < -0.39 is 0 Å². The molecule has 5 aromatic rings. The summed E-state index contributed by atoms with van der Waals surface area (Å²) in [6, 6.07) is 29.3. The Bertz CT molecular complexity index is 1620. The minimum atomic E-state index is -0.368. The number of anilines is 1. The topological polar surface area (TPSA) is 50.5 Å². The highest BCUT2D eigenvalue weighted by atomic mass is 79.9. The van der Waals surface area contributed by atoms with Gasteiger partial charge in [-0.25, -0.2) is 4.39 Å². The maximum atomic E-state index is 14.7. The summed E-state index contributed by atoms with van der Waals surface area (Å²) in [5.74, 6) is 2.19. The van der Waals surface area contributed by atoms with Gasteiger partial charge in [0.2, 0.25) is 0 Å². The minimum absolute atomic E-state index is 0.282. The van der Waals surface area contributed by atoms with Crippen LogP contribution in [0.15, 0.2) is 112 Å². The van der Waals surface area contributed by atoms with Crippen LogP contribution in [0.1, 0.15) is 29.1 Å². The van der Waals surface area contributed by atoms with Gasteiger partial charge >= 0.3 is 0 Å². The second-order valence-corrected chi connectivity index (χ2v) is 10.5. The second-order valence-electron chi connectivity index (χ2n) is 9.23. The maximum absolute atomic E-state index is 14.7. The zero-order valence-corrected chi connectivity index (χ0v) is 23.2. The van der Waals surface area contributed by atoms with Crippen LogP contribution in [0.3, 0.4) is 0 Å². The van der Waals surface area contributed by atoms with Gasteiger partial charge in [-0.05, 0) is 98.0 Å². The summed E-state index contributed by atoms with van der Waals surface area (Å²) in [6.07, 6.45) is 1.75. The van der Waals surface area contributed by atoms with Crippen molar-refractivity contribution in [3.05, 3.63) is 131 Å². The van der Waals surface area contributed by atoms with E-state index in [1.807, 2.05) is 84.6 Å². The highest BCUT2D eigenvalue weighted by Crippen LogP contribution is 2.43. The van der Waals surface area contributed by atoms with Crippen molar-refractivity contribution in [2.75, 3.05) is 4.90 Å². The molecule has 0 bridgehead atoms. The molecule has 1 aliphatic heterocycles. The molecule has 0 amide bonds. The molecule has 1 aliphatic rings. The number of hydrogen-bond donors (Lipinski definition) is 1. The number of halogens is 2. The maximum Gasteiger partial charge on any atom is 0.174 e. The van der Waals surface area contributed by atoms with Crippen molar-refractivity contribution in [1.29, 1.82) is 0 Å². The van der Waals surface area contributed by atoms with Gasteiger partial charge < -0.3 is 19.4 Å². The molecule has 1 saturated heterocycles. The molecule has 0 spiro atoms. The third kappa shape index (κ3) is 5.17. The van der Waals surface area contributed by atoms with E-state index >= 15 is 0 Å². The summed E-state index contributed by atoms with van der Waals surface area (Å²) in [5, 5.41) is 3.96. The van der Waals surface area contributed by atoms with E-state index in [1.54, 1.807) is 24.4 Å². The second kappa shape index (κ2) is 10.6. The first kappa shape index (κ1) is 25.3. The predicted molar refractivity (Wildman–Crippen MR) is 157 cm³/mol. The van der Waals surface area contributed by atoms with Crippen LogP contribution in [0.2, 0.25) is 0 Å². The number of rotatable bonds is 6. The molecule has 194 valence electrons. The van der Waals surface area contributed by atoms with E-state index in [4.69, 9.17) is 21.4 Å². The SMILES string of the molecule is Cc1ccc(Oc2ccc(N3C(=S)N[C@H](c4ccccn4)[C@@H]3c3ccc(-c4ccc(Br)cc4F)o3)cc2)cc1. The van der Waals surface area contributed by atoms with Crippen LogP contribution in [-0.4, -0.2) is 10.1 Å². The summed E-state index contributed by atoms with van der Waals surface area (Å²) in [5.41, 5.74) is 3.24. The lowest BCUT2D eigenvalue weighted by atomic mass is 10.0. The molecule has 6 rings (SSSR count). The number of furan rings is 1. The van der Waals surface area contributed by atoms with E-state index in [0.29, 0.717) is 32.4 Å². The average molecular weight is 601 g/mol. The number of thiocarbonyl (C=S) groups is 1. The monoisotopic (exact) mass is 599 g/mol. The van der Waals surface area contributed by atoms with Crippen LogP contribution in [0.4, 0.5) is 10.1 Å². The number of nitrogens with zero attached hydrogens (tertiary/aromatic N) is 2. The molecule has 8 heteroatoms. The first-order valence-electron chi connectivity index (χ1n) is 12.4. The highest BCUT2D eigenvalue weighted by Gasteiger charge is 2.42. The molecule has 3 heterocycles. The third-order valence-corrected chi connectivity index (χ3v) is 7.39. The molecule has 0 radical (unpaired) electrons. The van der Waals surface area contributed by atoms with Crippen molar-refractivity contribution in [2.24, 2.45) is 0 Å². The van der Waals surface area contributed by atoms with Crippen molar-refractivity contribution in [3.8, 4) is 22.8 Å². The molecule has 5 nitrogen and oxygen atoms in total. The van der Waals surface area contributed by atoms with Crippen LogP contribution < -0.4 is 15.0 Å². The summed E-state index contributed by atoms with van der Waals surface area (Å²) in [4.78, 5) is 6.58. The molecule has 39 heavy (non-hydrogen) atoms. The largest absolute Gasteiger partial charge is 0.459 e. The molecule has 2 aromatic heterocycles. The van der Waals surface area contributed by atoms with Gasteiger partial charge in [0.05, 0.1) is 17.3 Å². The summed E-state index contributed by atoms with van der Waals surface area (Å²) in [7, 11) is 0. The van der Waals surface area contributed by atoms with Crippen LogP contribution in [-0.2, 0) is 0 Å². The van der Waals surface area contributed by atoms with Crippen molar-refractivity contribution in [2.45, 2.75) is 19.0 Å². The van der Waals surface area contributed by atoms with Gasteiger partial charge in [0.15, 0.2) is 5.11 Å². The van der Waals surface area contributed by atoms with Gasteiger partial charge in [0, 0.05) is 16.4 Å². The normalized spacial score (nSPS) is 16.8. The Morgan fingerprint density at radius 2 is 1.69 bits per heavy atom. The smallest absolute Gasteiger partial charge is 0.174 e. The van der Waals surface area contributed by atoms with Crippen LogP contribution >= 0.6 is 28.1 Å². The van der Waals surface area contributed by atoms with Gasteiger partial charge in [-0.3, -0.25) is 4.98 Å². The average Bonchev–Trinajstić information content (AvgIpc) is 3.55. The van der Waals surface area contributed by atoms with E-state index in [-0.39, 0.29) is 17.9 Å². The van der Waals surface area contributed by atoms with Crippen molar-refractivity contribution >= 4 is 38.9 Å². The lowest BCUT2D eigenvalue weighted by Gasteiger charge is -2.26. The molecule has 0 aliphatic carbocycles. The Morgan fingerprint density at radius 1 is 0.949 bits per heavy atom. The Hall–Kier alpha value is -4.01. The summed E-state index contributed by atoms with van der Waals surface area (Å²) < 4.78 is 27.7. The van der Waals surface area contributed by atoms with Crippen molar-refractivity contribution in [3.63, 3.8) is 0 Å². The van der Waals surface area contributed by atoms with Gasteiger partial charge in [0.1, 0.15) is 34.9 Å². The van der Waals surface area contributed by atoms with E-state index in [0.717, 1.165) is 17.1 Å². The lowest BCUT2D eigenvalue weighted by molar-refractivity contribution is 0.438. The molecule has 2 atom stereocenters. The lowest BCUT2D eigenvalue weighted by Crippen LogP contribution is -2.29. The fourth-order valence-corrected chi connectivity index (χ4v) is 5.36. The molecule has 0 saturated carbocycles. The standard InChI is InChI=1S/C31H23BrFN3O2S/c1-19-5-10-22(11-6-19)37-23-12-8-21(9-13-23)36-30(29(35-31(36)39)26-4-2-3-17-34-26)28-16-15-27(38-28)24-14-7-20(32)18-25(24)33/h2-18,29-30H,1H3,(H,35,39)/t29-,30+/m1/s1. The summed E-state index contributed by atoms with van der Waals surface area (Å²) in [6.45, 7) is 2.04. The van der Waals surface area contributed by atoms with Crippen LogP contribution in [0, 0.1) is 12.7 Å². The Kier molecular flexibility index (Phi) is 6.89. The molecular formula is C31H23BrFN3O2S. The molecule has 1 N–H and O–H groups in total. The van der Waals surface area contributed by atoms with Gasteiger partial charge in [-0.2, -0.15) is 0 Å². The zero-order chi connectivity index (χ0) is 26.9. The fourth-order valence-electron chi connectivity index (χ4n) is 4.68. The minimum Gasteiger partial charge on any atom is -0.459 e. The number of ether oxygens (including phenoxy) is 1. The van der Waals surface area contributed by atoms with Crippen molar-refractivity contribution < 1.29 is 13.5 Å². The summed E-state index contributed by atoms with van der Waals surface area (Å²) >= 11 is 9.12. The van der Waals surface area contributed by atoms with Crippen molar-refractivity contribution in [1.82, 2.24) is 10.3 Å². The van der Waals surface area contributed by atoms with Gasteiger partial charge in [-0.1, -0.05) is 39.7 Å². The van der Waals surface area contributed by atoms with Gasteiger partial charge in [-0.15, -0.1) is 0 Å². The number of hydrogen-bond acceptors (Lipinski definition) is 4. The molecule has 1 fully saturated rings. The Morgan fingerprint density at radius 3 is 2.38 bits per heavy atom. The number of nitrogens with one attached hydrogen (secondary N) is 1. The van der Waals surface area contributed by atoms with E-state index in [2.05, 4.69) is 26.2 Å². The van der Waals surface area contributed by atoms with Gasteiger partial charge in [0.25, 0.3) is 0 Å². The van der Waals surface area contributed by atoms with E-state index in [1.165, 1.54) is 11.6 Å². The molecular weight excluding hydrogens is 577 g/mol. The Balaban J connectivity index is 1.35.